The fourth-order valence-corrected chi connectivity index (χ4v) is 3.15. The summed E-state index contributed by atoms with van der Waals surface area (Å²) in [5, 5.41) is 3.59. The first-order valence-electron chi connectivity index (χ1n) is 6.79. The van der Waals surface area contributed by atoms with Gasteiger partial charge < -0.3 is 5.32 Å². The summed E-state index contributed by atoms with van der Waals surface area (Å²) in [4.78, 5) is 12.0. The zero-order chi connectivity index (χ0) is 13.8. The van der Waals surface area contributed by atoms with E-state index in [1.165, 1.54) is 25.7 Å². The predicted molar refractivity (Wildman–Crippen MR) is 82.6 cm³/mol. The fraction of sp³-hybridized carbons (Fsp3) is 0.533. The van der Waals surface area contributed by atoms with Crippen LogP contribution in [-0.4, -0.2) is 12.5 Å². The predicted octanol–water partition coefficient (Wildman–Crippen LogP) is 4.66. The maximum atomic E-state index is 12.0. The van der Waals surface area contributed by atoms with Gasteiger partial charge in [-0.1, -0.05) is 31.4 Å². The molecule has 1 aliphatic carbocycles. The Morgan fingerprint density at radius 1 is 1.47 bits per heavy atom. The summed E-state index contributed by atoms with van der Waals surface area (Å²) in [5.74, 6) is 1.38. The van der Waals surface area contributed by atoms with Crippen LogP contribution in [0.25, 0.3) is 0 Å². The molecule has 2 rings (SSSR count). The van der Waals surface area contributed by atoms with E-state index in [4.69, 9.17) is 11.6 Å². The Balaban J connectivity index is 1.88. The second-order valence-corrected chi connectivity index (χ2v) is 6.74. The Labute approximate surface area is 128 Å². The van der Waals surface area contributed by atoms with Crippen molar-refractivity contribution >= 4 is 33.4 Å². The molecule has 19 heavy (non-hydrogen) atoms. The number of benzene rings is 1. The molecule has 0 aliphatic heterocycles. The Morgan fingerprint density at radius 2 is 2.26 bits per heavy atom. The third-order valence-corrected chi connectivity index (χ3v) is 5.01. The van der Waals surface area contributed by atoms with Crippen LogP contribution >= 0.6 is 27.5 Å². The molecule has 2 atom stereocenters. The molecule has 0 heterocycles. The number of halogens is 2. The van der Waals surface area contributed by atoms with Crippen molar-refractivity contribution in [1.29, 1.82) is 0 Å². The molecule has 1 aromatic rings. The lowest BCUT2D eigenvalue weighted by molar-refractivity contribution is 0.0940. The summed E-state index contributed by atoms with van der Waals surface area (Å²) in [7, 11) is 0. The van der Waals surface area contributed by atoms with E-state index in [1.54, 1.807) is 18.2 Å². The van der Waals surface area contributed by atoms with Crippen LogP contribution < -0.4 is 5.32 Å². The largest absolute Gasteiger partial charge is 0.352 e. The molecule has 2 nitrogen and oxygen atoms in total. The summed E-state index contributed by atoms with van der Waals surface area (Å²) >= 11 is 9.32. The van der Waals surface area contributed by atoms with Crippen LogP contribution in [-0.2, 0) is 0 Å². The number of hydrogen-bond donors (Lipinski definition) is 1. The van der Waals surface area contributed by atoms with Crippen molar-refractivity contribution in [1.82, 2.24) is 5.32 Å². The highest BCUT2D eigenvalue weighted by molar-refractivity contribution is 9.10. The smallest absolute Gasteiger partial charge is 0.251 e. The van der Waals surface area contributed by atoms with Crippen LogP contribution in [0.1, 0.15) is 43.0 Å². The molecule has 2 unspecified atom stereocenters. The van der Waals surface area contributed by atoms with E-state index in [1.807, 2.05) is 0 Å². The number of carbonyl (C=O) groups excluding carboxylic acids is 1. The van der Waals surface area contributed by atoms with Crippen molar-refractivity contribution in [3.8, 4) is 0 Å². The first kappa shape index (κ1) is 14.9. The monoisotopic (exact) mass is 343 g/mol. The van der Waals surface area contributed by atoms with Gasteiger partial charge in [-0.25, -0.2) is 0 Å². The van der Waals surface area contributed by atoms with Gasteiger partial charge in [0.1, 0.15) is 0 Å². The molecule has 0 bridgehead atoms. The Morgan fingerprint density at radius 3 is 2.95 bits per heavy atom. The second-order valence-electron chi connectivity index (χ2n) is 5.48. The van der Waals surface area contributed by atoms with Gasteiger partial charge in [-0.15, -0.1) is 0 Å². The summed E-state index contributed by atoms with van der Waals surface area (Å²) in [6, 6.07) is 5.29. The van der Waals surface area contributed by atoms with Gasteiger partial charge in [-0.2, -0.15) is 0 Å². The zero-order valence-corrected chi connectivity index (χ0v) is 13.4. The molecule has 104 valence electrons. The van der Waals surface area contributed by atoms with E-state index in [0.717, 1.165) is 16.9 Å². The summed E-state index contributed by atoms with van der Waals surface area (Å²) < 4.78 is 0.812. The van der Waals surface area contributed by atoms with Crippen LogP contribution in [0.4, 0.5) is 0 Å². The minimum Gasteiger partial charge on any atom is -0.352 e. The Kier molecular flexibility index (Phi) is 5.28. The highest BCUT2D eigenvalue weighted by atomic mass is 79.9. The molecule has 1 saturated carbocycles. The van der Waals surface area contributed by atoms with E-state index < -0.39 is 0 Å². The quantitative estimate of drug-likeness (QED) is 0.849. The molecule has 1 fully saturated rings. The van der Waals surface area contributed by atoms with E-state index in [9.17, 15) is 4.79 Å². The van der Waals surface area contributed by atoms with Gasteiger partial charge in [-0.05, 0) is 58.8 Å². The third kappa shape index (κ3) is 4.22. The molecule has 1 N–H and O–H groups in total. The highest BCUT2D eigenvalue weighted by Gasteiger charge is 2.19. The average Bonchev–Trinajstić information content (AvgIpc) is 2.39. The summed E-state index contributed by atoms with van der Waals surface area (Å²) in [6.45, 7) is 3.07. The van der Waals surface area contributed by atoms with Crippen molar-refractivity contribution in [3.05, 3.63) is 33.3 Å². The molecule has 1 amide bonds. The van der Waals surface area contributed by atoms with E-state index in [0.29, 0.717) is 16.5 Å². The molecule has 0 radical (unpaired) electrons. The van der Waals surface area contributed by atoms with Crippen molar-refractivity contribution < 1.29 is 4.79 Å². The molecule has 1 aliphatic rings. The molecule has 1 aromatic carbocycles. The third-order valence-electron chi connectivity index (χ3n) is 3.78. The lowest BCUT2D eigenvalue weighted by atomic mass is 9.82. The normalized spacial score (nSPS) is 23.1. The van der Waals surface area contributed by atoms with Gasteiger partial charge in [0.25, 0.3) is 5.91 Å². The summed E-state index contributed by atoms with van der Waals surface area (Å²) in [6.07, 6.45) is 5.06. The van der Waals surface area contributed by atoms with Crippen molar-refractivity contribution in [3.63, 3.8) is 0 Å². The molecule has 0 aromatic heterocycles. The van der Waals surface area contributed by atoms with Crippen LogP contribution in [0.3, 0.4) is 0 Å². The maximum absolute atomic E-state index is 12.0. The number of nitrogens with one attached hydrogen (secondary N) is 1. The SMILES string of the molecule is CC1CCCC(CNC(=O)c2ccc(Br)c(Cl)c2)C1. The first-order valence-corrected chi connectivity index (χ1v) is 7.96. The van der Waals surface area contributed by atoms with Gasteiger partial charge in [0, 0.05) is 16.6 Å². The van der Waals surface area contributed by atoms with Gasteiger partial charge in [0.15, 0.2) is 0 Å². The first-order chi connectivity index (χ1) is 9.06. The van der Waals surface area contributed by atoms with Crippen LogP contribution in [0.2, 0.25) is 5.02 Å². The number of carbonyl (C=O) groups is 1. The standard InChI is InChI=1S/C15H19BrClNO/c1-10-3-2-4-11(7-10)9-18-15(19)12-5-6-13(16)14(17)8-12/h5-6,8,10-11H,2-4,7,9H2,1H3,(H,18,19). The van der Waals surface area contributed by atoms with Crippen molar-refractivity contribution in [2.24, 2.45) is 11.8 Å². The molecule has 0 spiro atoms. The fourth-order valence-electron chi connectivity index (χ4n) is 2.72. The van der Waals surface area contributed by atoms with Crippen molar-refractivity contribution in [2.75, 3.05) is 6.54 Å². The number of hydrogen-bond acceptors (Lipinski definition) is 1. The average molecular weight is 345 g/mol. The minimum absolute atomic E-state index is 0.0346. The lowest BCUT2D eigenvalue weighted by Gasteiger charge is -2.26. The van der Waals surface area contributed by atoms with Gasteiger partial charge in [0.2, 0.25) is 0 Å². The van der Waals surface area contributed by atoms with E-state index in [-0.39, 0.29) is 5.91 Å². The Hall–Kier alpha value is -0.540. The topological polar surface area (TPSA) is 29.1 Å². The van der Waals surface area contributed by atoms with Gasteiger partial charge in [-0.3, -0.25) is 4.79 Å². The molecule has 4 heteroatoms. The van der Waals surface area contributed by atoms with Crippen molar-refractivity contribution in [2.45, 2.75) is 32.6 Å². The van der Waals surface area contributed by atoms with Crippen LogP contribution in [0.5, 0.6) is 0 Å². The molecular weight excluding hydrogens is 326 g/mol. The molecular formula is C15H19BrClNO. The zero-order valence-electron chi connectivity index (χ0n) is 11.1. The van der Waals surface area contributed by atoms with Crippen LogP contribution in [0.15, 0.2) is 22.7 Å². The maximum Gasteiger partial charge on any atom is 0.251 e. The van der Waals surface area contributed by atoms with E-state index >= 15 is 0 Å². The van der Waals surface area contributed by atoms with Gasteiger partial charge >= 0.3 is 0 Å². The molecule has 0 saturated heterocycles. The van der Waals surface area contributed by atoms with Gasteiger partial charge in [0.05, 0.1) is 5.02 Å². The van der Waals surface area contributed by atoms with E-state index in [2.05, 4.69) is 28.2 Å². The number of rotatable bonds is 3. The summed E-state index contributed by atoms with van der Waals surface area (Å²) in [5.41, 5.74) is 0.622. The Bertz CT molecular complexity index is 463. The highest BCUT2D eigenvalue weighted by Crippen LogP contribution is 2.28. The minimum atomic E-state index is -0.0346. The number of amides is 1. The second kappa shape index (κ2) is 6.76. The lowest BCUT2D eigenvalue weighted by Crippen LogP contribution is -2.31. The van der Waals surface area contributed by atoms with Crippen LogP contribution in [0, 0.1) is 11.8 Å².